The van der Waals surface area contributed by atoms with E-state index in [2.05, 4.69) is 72.0 Å². The zero-order valence-corrected chi connectivity index (χ0v) is 20.5. The molecule has 0 saturated carbocycles. The van der Waals surface area contributed by atoms with Gasteiger partial charge in [-0.05, 0) is 48.7 Å². The maximum absolute atomic E-state index is 12.0. The van der Waals surface area contributed by atoms with E-state index in [1.165, 1.54) is 41.6 Å². The molecule has 4 rings (SSSR count). The van der Waals surface area contributed by atoms with Crippen LogP contribution in [0.15, 0.2) is 35.0 Å². The quantitative estimate of drug-likeness (QED) is 0.547. The lowest BCUT2D eigenvalue weighted by Crippen LogP contribution is -2.27. The lowest BCUT2D eigenvalue weighted by molar-refractivity contribution is 0.312. The third kappa shape index (κ3) is 5.65. The number of benzene rings is 1. The zero-order valence-electron chi connectivity index (χ0n) is 19.7. The maximum atomic E-state index is 12.0. The molecule has 2 aromatic heterocycles. The summed E-state index contributed by atoms with van der Waals surface area (Å²) in [6.07, 6.45) is 8.00. The van der Waals surface area contributed by atoms with Crippen molar-refractivity contribution in [1.29, 1.82) is 5.26 Å². The number of aryl methyl sites for hydroxylation is 1. The Morgan fingerprint density at radius 3 is 2.74 bits per heavy atom. The number of anilines is 4. The van der Waals surface area contributed by atoms with Crippen molar-refractivity contribution < 1.29 is 4.21 Å². The average Bonchev–Trinajstić information content (AvgIpc) is 2.77. The van der Waals surface area contributed by atoms with Crippen molar-refractivity contribution in [3.05, 3.63) is 52.8 Å². The fourth-order valence-electron chi connectivity index (χ4n) is 3.86. The van der Waals surface area contributed by atoms with Gasteiger partial charge in [-0.15, -0.1) is 0 Å². The Bertz CT molecular complexity index is 1380. The molecule has 176 valence electrons. The molecular weight excluding hydrogens is 450 g/mol. The Labute approximate surface area is 199 Å². The van der Waals surface area contributed by atoms with E-state index in [4.69, 9.17) is 0 Å². The van der Waals surface area contributed by atoms with Crippen LogP contribution in [0, 0.1) is 11.3 Å². The predicted molar refractivity (Wildman–Crippen MR) is 133 cm³/mol. The van der Waals surface area contributed by atoms with Gasteiger partial charge in [0, 0.05) is 53.3 Å². The van der Waals surface area contributed by atoms with E-state index >= 15 is 0 Å². The Kier molecular flexibility index (Phi) is 6.72. The summed E-state index contributed by atoms with van der Waals surface area (Å²) < 4.78 is 16.1. The lowest BCUT2D eigenvalue weighted by atomic mass is 9.92. The molecule has 0 fully saturated rings. The Hall–Kier alpha value is -3.62. The van der Waals surface area contributed by atoms with Gasteiger partial charge in [0.15, 0.2) is 11.6 Å². The van der Waals surface area contributed by atoms with Crippen LogP contribution >= 0.6 is 0 Å². The molecule has 0 aliphatic carbocycles. The summed E-state index contributed by atoms with van der Waals surface area (Å²) in [6, 6.07) is 7.92. The molecule has 0 unspecified atom stereocenters. The topological polar surface area (TPSA) is 132 Å². The highest BCUT2D eigenvalue weighted by atomic mass is 32.2. The highest BCUT2D eigenvalue weighted by Crippen LogP contribution is 2.28. The minimum Gasteiger partial charge on any atom is -0.324 e. The summed E-state index contributed by atoms with van der Waals surface area (Å²) in [7, 11) is -0.246. The molecule has 1 aliphatic heterocycles. The average molecular weight is 478 g/mol. The minimum atomic E-state index is -2.37. The standard InChI is InChI=1S/C23H27N9OS/c1-5-15-10-18(11-16-14-32(2)9-7-19(15)16)27-23-26-13-17(12-24)21(30-23)29-22-25-8-6-20(28-22)31-34(3,4)33/h6,8,10-11,13H,5,7,9,14H2,1-4H3,(H2,25,26,27,28,29,30). The number of fused-ring (bicyclic) bond motifs is 1. The highest BCUT2D eigenvalue weighted by molar-refractivity contribution is 7.92. The van der Waals surface area contributed by atoms with Crippen LogP contribution in [-0.2, 0) is 29.1 Å². The number of likely N-dealkylation sites (N-methyl/N-ethyl adjacent to an activating group) is 1. The molecule has 3 heterocycles. The normalized spacial score (nSPS) is 13.6. The highest BCUT2D eigenvalue weighted by Gasteiger charge is 2.18. The van der Waals surface area contributed by atoms with Gasteiger partial charge in [0.2, 0.25) is 11.9 Å². The van der Waals surface area contributed by atoms with Crippen LogP contribution in [-0.4, -0.2) is 55.1 Å². The second-order valence-electron chi connectivity index (χ2n) is 8.44. The van der Waals surface area contributed by atoms with Crippen molar-refractivity contribution in [3.63, 3.8) is 0 Å². The summed E-state index contributed by atoms with van der Waals surface area (Å²) in [4.78, 5) is 19.5. The van der Waals surface area contributed by atoms with Crippen LogP contribution < -0.4 is 10.6 Å². The molecule has 0 amide bonds. The fraction of sp³-hybridized carbons (Fsp3) is 0.348. The Morgan fingerprint density at radius 1 is 1.21 bits per heavy atom. The van der Waals surface area contributed by atoms with Gasteiger partial charge >= 0.3 is 0 Å². The molecule has 11 heteroatoms. The molecule has 0 bridgehead atoms. The zero-order chi connectivity index (χ0) is 24.3. The number of rotatable bonds is 6. The van der Waals surface area contributed by atoms with E-state index in [1.807, 2.05) is 0 Å². The van der Waals surface area contributed by atoms with Gasteiger partial charge in [-0.2, -0.15) is 19.6 Å². The van der Waals surface area contributed by atoms with Gasteiger partial charge in [-0.3, -0.25) is 0 Å². The van der Waals surface area contributed by atoms with Crippen molar-refractivity contribution >= 4 is 38.9 Å². The largest absolute Gasteiger partial charge is 0.324 e. The third-order valence-corrected chi connectivity index (χ3v) is 5.98. The summed E-state index contributed by atoms with van der Waals surface area (Å²) in [6.45, 7) is 4.12. The van der Waals surface area contributed by atoms with Crippen LogP contribution in [0.2, 0.25) is 0 Å². The third-order valence-electron chi connectivity index (χ3n) is 5.35. The molecule has 3 aromatic rings. The lowest BCUT2D eigenvalue weighted by Gasteiger charge is -2.27. The van der Waals surface area contributed by atoms with Gasteiger partial charge < -0.3 is 15.5 Å². The van der Waals surface area contributed by atoms with Crippen molar-refractivity contribution in [2.75, 3.05) is 36.7 Å². The van der Waals surface area contributed by atoms with E-state index in [0.717, 1.165) is 31.6 Å². The first kappa shape index (κ1) is 23.5. The van der Waals surface area contributed by atoms with Gasteiger partial charge in [0.25, 0.3) is 0 Å². The van der Waals surface area contributed by atoms with Crippen molar-refractivity contribution in [3.8, 4) is 6.07 Å². The Balaban J connectivity index is 1.63. The van der Waals surface area contributed by atoms with Gasteiger partial charge in [-0.25, -0.2) is 14.2 Å². The van der Waals surface area contributed by atoms with E-state index in [9.17, 15) is 9.47 Å². The van der Waals surface area contributed by atoms with Gasteiger partial charge in [0.1, 0.15) is 11.6 Å². The second kappa shape index (κ2) is 9.70. The van der Waals surface area contributed by atoms with Gasteiger partial charge in [0.05, 0.1) is 6.20 Å². The van der Waals surface area contributed by atoms with Crippen molar-refractivity contribution in [2.45, 2.75) is 26.3 Å². The van der Waals surface area contributed by atoms with E-state index < -0.39 is 9.73 Å². The molecule has 10 nitrogen and oxygen atoms in total. The van der Waals surface area contributed by atoms with Crippen molar-refractivity contribution in [1.82, 2.24) is 24.8 Å². The van der Waals surface area contributed by atoms with E-state index in [1.54, 1.807) is 6.07 Å². The number of hydrogen-bond donors (Lipinski definition) is 2. The maximum Gasteiger partial charge on any atom is 0.230 e. The Morgan fingerprint density at radius 2 is 2.00 bits per heavy atom. The molecule has 0 atom stereocenters. The summed E-state index contributed by atoms with van der Waals surface area (Å²) in [5.41, 5.74) is 5.20. The second-order valence-corrected chi connectivity index (χ2v) is 11.0. The minimum absolute atomic E-state index is 0.191. The summed E-state index contributed by atoms with van der Waals surface area (Å²) >= 11 is 0. The molecular formula is C23H27N9OS. The molecule has 34 heavy (non-hydrogen) atoms. The molecule has 1 aromatic carbocycles. The first-order valence-corrected chi connectivity index (χ1v) is 13.2. The van der Waals surface area contributed by atoms with Crippen LogP contribution in [0.1, 0.15) is 29.2 Å². The molecule has 0 spiro atoms. The summed E-state index contributed by atoms with van der Waals surface area (Å²) in [5.74, 6) is 1.08. The number of nitriles is 1. The summed E-state index contributed by atoms with van der Waals surface area (Å²) in [5, 5.41) is 15.8. The first-order chi connectivity index (χ1) is 16.2. The first-order valence-electron chi connectivity index (χ1n) is 10.9. The number of aromatic nitrogens is 4. The molecule has 2 N–H and O–H groups in total. The number of nitrogens with zero attached hydrogens (tertiary/aromatic N) is 7. The fourth-order valence-corrected chi connectivity index (χ4v) is 4.41. The van der Waals surface area contributed by atoms with Gasteiger partial charge in [-0.1, -0.05) is 6.92 Å². The predicted octanol–water partition coefficient (Wildman–Crippen LogP) is 3.53. The van der Waals surface area contributed by atoms with Crippen LogP contribution in [0.4, 0.5) is 29.2 Å². The molecule has 0 radical (unpaired) electrons. The van der Waals surface area contributed by atoms with Crippen LogP contribution in [0.3, 0.4) is 0 Å². The number of hydrogen-bond acceptors (Lipinski definition) is 10. The molecule has 0 saturated heterocycles. The smallest absolute Gasteiger partial charge is 0.230 e. The van der Waals surface area contributed by atoms with E-state index in [-0.39, 0.29) is 23.1 Å². The monoisotopic (exact) mass is 477 g/mol. The number of nitrogens with one attached hydrogen (secondary N) is 2. The van der Waals surface area contributed by atoms with Crippen molar-refractivity contribution in [2.24, 2.45) is 4.36 Å². The van der Waals surface area contributed by atoms with Crippen LogP contribution in [0.5, 0.6) is 0 Å². The SMILES string of the molecule is CCc1cc(Nc2ncc(C#N)c(Nc3nccc(N=S(C)(C)=O)n3)n2)cc2c1CCN(C)C2. The van der Waals surface area contributed by atoms with Crippen LogP contribution in [0.25, 0.3) is 0 Å². The van der Waals surface area contributed by atoms with E-state index in [0.29, 0.717) is 5.95 Å². The molecule has 1 aliphatic rings.